The Hall–Kier alpha value is -2.57. The highest BCUT2D eigenvalue weighted by molar-refractivity contribution is 5.34. The van der Waals surface area contributed by atoms with E-state index >= 15 is 0 Å². The summed E-state index contributed by atoms with van der Waals surface area (Å²) in [5.74, 6) is 7.95. The molecular formula is C38H62N4O4. The van der Waals surface area contributed by atoms with Gasteiger partial charge in [-0.05, 0) is 127 Å². The van der Waals surface area contributed by atoms with Crippen molar-refractivity contribution in [3.63, 3.8) is 0 Å². The van der Waals surface area contributed by atoms with Crippen LogP contribution in [0.4, 0.5) is 0 Å². The molecule has 0 radical (unpaired) electrons. The van der Waals surface area contributed by atoms with Crippen molar-refractivity contribution in [1.82, 2.24) is 0 Å². The predicted molar refractivity (Wildman–Crippen MR) is 182 cm³/mol. The van der Waals surface area contributed by atoms with E-state index in [9.17, 15) is 14.4 Å². The third-order valence-electron chi connectivity index (χ3n) is 13.4. The molecule has 0 aromatic rings. The topological polar surface area (TPSA) is 121 Å². The highest BCUT2D eigenvalue weighted by Gasteiger charge is 2.57. The number of ether oxygens (including phenoxy) is 1. The molecular weight excluding hydrogens is 576 g/mol. The average Bonchev–Trinajstić information content (AvgIpc) is 3.00. The summed E-state index contributed by atoms with van der Waals surface area (Å²) in [7, 11) is 0. The van der Waals surface area contributed by atoms with Crippen LogP contribution in [0.25, 0.3) is 0 Å². The van der Waals surface area contributed by atoms with Crippen molar-refractivity contribution in [3.8, 4) is 6.26 Å². The maximum absolute atomic E-state index is 10.2. The molecule has 0 amide bonds. The van der Waals surface area contributed by atoms with E-state index in [1.54, 1.807) is 24.5 Å². The summed E-state index contributed by atoms with van der Waals surface area (Å²) in [4.78, 5) is 41.7. The third-order valence-corrected chi connectivity index (χ3v) is 13.4. The number of hydrogen-bond donors (Lipinski definition) is 0. The summed E-state index contributed by atoms with van der Waals surface area (Å²) < 4.78 is 4.85. The van der Waals surface area contributed by atoms with Crippen LogP contribution >= 0.6 is 0 Å². The van der Waals surface area contributed by atoms with Crippen molar-refractivity contribution >= 4 is 18.2 Å². The van der Waals surface area contributed by atoms with Gasteiger partial charge in [0.25, 0.3) is 6.26 Å². The van der Waals surface area contributed by atoms with Crippen LogP contribution in [-0.2, 0) is 19.1 Å². The number of fused-ring (bicyclic) bond motifs is 4. The SMILES string of the molecule is C.CC(C)C1CCC(N=C=O)CC1COC#N.CC1CC2CC(C1CCN=C=O)C2(C)C.CC1CC2CC(C1CN=C=O)C2(C)C. The average molecular weight is 639 g/mol. The molecule has 7 aliphatic rings. The Labute approximate surface area is 279 Å². The van der Waals surface area contributed by atoms with Gasteiger partial charge in [-0.1, -0.05) is 62.8 Å². The van der Waals surface area contributed by atoms with Gasteiger partial charge in [-0.15, -0.1) is 0 Å². The minimum absolute atomic E-state index is 0. The maximum Gasteiger partial charge on any atom is 0.286 e. The molecule has 258 valence electrons. The molecule has 0 aromatic carbocycles. The Bertz CT molecular complexity index is 1160. The van der Waals surface area contributed by atoms with Crippen LogP contribution in [0.5, 0.6) is 0 Å². The number of carbonyl (C=O) groups excluding carboxylic acids is 3. The van der Waals surface area contributed by atoms with Gasteiger partial charge in [0, 0.05) is 0 Å². The first kappa shape index (κ1) is 39.6. The van der Waals surface area contributed by atoms with E-state index < -0.39 is 0 Å². The molecule has 0 spiro atoms. The van der Waals surface area contributed by atoms with Crippen LogP contribution in [0, 0.1) is 87.4 Å². The first-order chi connectivity index (χ1) is 21.3. The minimum Gasteiger partial charge on any atom is -0.427 e. The Morgan fingerprint density at radius 3 is 1.87 bits per heavy atom. The summed E-state index contributed by atoms with van der Waals surface area (Å²) in [5.41, 5.74) is 1.04. The van der Waals surface area contributed by atoms with Crippen molar-refractivity contribution in [1.29, 1.82) is 5.26 Å². The molecule has 4 bridgehead atoms. The summed E-state index contributed by atoms with van der Waals surface area (Å²) >= 11 is 0. The van der Waals surface area contributed by atoms with Crippen LogP contribution in [-0.4, -0.2) is 44.0 Å². The molecule has 7 rings (SSSR count). The van der Waals surface area contributed by atoms with Crippen LogP contribution in [0.3, 0.4) is 0 Å². The Balaban J connectivity index is 0.000000238. The molecule has 8 heteroatoms. The van der Waals surface area contributed by atoms with Crippen molar-refractivity contribution in [2.45, 2.75) is 120 Å². The first-order valence-corrected chi connectivity index (χ1v) is 17.5. The minimum atomic E-state index is 0. The molecule has 7 saturated carbocycles. The fourth-order valence-electron chi connectivity index (χ4n) is 10.3. The molecule has 46 heavy (non-hydrogen) atoms. The fourth-order valence-corrected chi connectivity index (χ4v) is 10.3. The second-order valence-corrected chi connectivity index (χ2v) is 16.4. The lowest BCUT2D eigenvalue weighted by molar-refractivity contribution is -0.131. The van der Waals surface area contributed by atoms with Crippen molar-refractivity contribution in [2.24, 2.45) is 90.9 Å². The van der Waals surface area contributed by atoms with Gasteiger partial charge < -0.3 is 4.74 Å². The standard InChI is InChI=1S/C13H21NO.C12H18N2O2.C12H19NO.CH4/c1-9-6-10-7-12(13(10,2)3)11(9)4-5-14-8-15;1-9(2)12-4-3-11(14-8-15)5-10(12)6-16-7-13;1-8-4-9-5-11(12(9,2)3)10(8)6-13-7-14;/h9-12H,4-7H2,1-3H3;9-12H,3-6H2,1-2H3;8-11H,4-6H2,1-3H3;1H4. The predicted octanol–water partition coefficient (Wildman–Crippen LogP) is 8.57. The molecule has 8 nitrogen and oxygen atoms in total. The van der Waals surface area contributed by atoms with Gasteiger partial charge in [-0.25, -0.2) is 29.4 Å². The monoisotopic (exact) mass is 638 g/mol. The highest BCUT2D eigenvalue weighted by Crippen LogP contribution is 2.64. The largest absolute Gasteiger partial charge is 0.427 e. The molecule has 0 N–H and O–H groups in total. The van der Waals surface area contributed by atoms with E-state index in [1.807, 2.05) is 0 Å². The van der Waals surface area contributed by atoms with Crippen molar-refractivity contribution in [3.05, 3.63) is 0 Å². The second kappa shape index (κ2) is 17.5. The summed E-state index contributed by atoms with van der Waals surface area (Å²) in [5, 5.41) is 8.43. The van der Waals surface area contributed by atoms with E-state index in [2.05, 4.69) is 70.4 Å². The Morgan fingerprint density at radius 1 is 0.804 bits per heavy atom. The molecule has 11 atom stereocenters. The van der Waals surface area contributed by atoms with Gasteiger partial charge >= 0.3 is 0 Å². The summed E-state index contributed by atoms with van der Waals surface area (Å²) in [6.45, 7) is 20.4. The van der Waals surface area contributed by atoms with Gasteiger partial charge in [0.15, 0.2) is 0 Å². The third kappa shape index (κ3) is 9.07. The normalized spacial score (nSPS) is 37.0. The van der Waals surface area contributed by atoms with Crippen molar-refractivity contribution < 1.29 is 19.1 Å². The van der Waals surface area contributed by atoms with Gasteiger partial charge in [0.05, 0.1) is 19.1 Å². The van der Waals surface area contributed by atoms with E-state index in [0.29, 0.717) is 54.2 Å². The van der Waals surface area contributed by atoms with E-state index in [4.69, 9.17) is 10.00 Å². The lowest BCUT2D eigenvalue weighted by Gasteiger charge is -2.62. The molecule has 7 fully saturated rings. The van der Waals surface area contributed by atoms with Gasteiger partial charge in [-0.2, -0.15) is 5.26 Å². The number of nitriles is 1. The first-order valence-electron chi connectivity index (χ1n) is 17.5. The number of nitrogens with zero attached hydrogens (tertiary/aromatic N) is 4. The molecule has 0 saturated heterocycles. The van der Waals surface area contributed by atoms with Crippen molar-refractivity contribution in [2.75, 3.05) is 19.7 Å². The fraction of sp³-hybridized carbons (Fsp3) is 0.895. The zero-order chi connectivity index (χ0) is 33.4. The van der Waals surface area contributed by atoms with E-state index in [1.165, 1.54) is 25.7 Å². The smallest absolute Gasteiger partial charge is 0.286 e. The lowest BCUT2D eigenvalue weighted by Crippen LogP contribution is -2.55. The zero-order valence-electron chi connectivity index (χ0n) is 29.1. The quantitative estimate of drug-likeness (QED) is 0.142. The van der Waals surface area contributed by atoms with Crippen LogP contribution in [0.15, 0.2) is 15.0 Å². The van der Waals surface area contributed by atoms with E-state index in [0.717, 1.165) is 67.1 Å². The molecule has 7 aliphatic carbocycles. The lowest BCUT2D eigenvalue weighted by atomic mass is 9.43. The second-order valence-electron chi connectivity index (χ2n) is 16.4. The van der Waals surface area contributed by atoms with Crippen LogP contribution in [0.1, 0.15) is 114 Å². The van der Waals surface area contributed by atoms with Crippen LogP contribution in [0.2, 0.25) is 0 Å². The van der Waals surface area contributed by atoms with Gasteiger partial charge in [0.1, 0.15) is 6.61 Å². The van der Waals surface area contributed by atoms with Crippen LogP contribution < -0.4 is 0 Å². The summed E-state index contributed by atoms with van der Waals surface area (Å²) in [6, 6.07) is 0.0693. The number of aliphatic imine (C=N–C) groups is 3. The molecule has 11 unspecified atom stereocenters. The Kier molecular flexibility index (Phi) is 15.1. The Morgan fingerprint density at radius 2 is 1.37 bits per heavy atom. The van der Waals surface area contributed by atoms with Gasteiger partial charge in [-0.3, -0.25) is 0 Å². The molecule has 0 aliphatic heterocycles. The summed E-state index contributed by atoms with van der Waals surface area (Å²) in [6.07, 6.45) is 16.0. The molecule has 0 heterocycles. The number of isocyanates is 3. The molecule has 0 aromatic heterocycles. The number of rotatable bonds is 9. The highest BCUT2D eigenvalue weighted by atomic mass is 16.5. The zero-order valence-corrected chi connectivity index (χ0v) is 29.1. The van der Waals surface area contributed by atoms with E-state index in [-0.39, 0.29) is 13.5 Å². The van der Waals surface area contributed by atoms with Gasteiger partial charge in [0.2, 0.25) is 18.2 Å². The number of hydrogen-bond acceptors (Lipinski definition) is 8. The maximum atomic E-state index is 10.2.